The molecule has 110 valence electrons. The van der Waals surface area contributed by atoms with E-state index in [0.717, 1.165) is 36.2 Å². The molecular weight excluding hydrogens is 252 g/mol. The van der Waals surface area contributed by atoms with Gasteiger partial charge in [-0.25, -0.2) is 0 Å². The summed E-state index contributed by atoms with van der Waals surface area (Å²) in [5.41, 5.74) is 2.07. The molecule has 0 spiro atoms. The number of hydrogen-bond acceptors (Lipinski definition) is 3. The maximum absolute atomic E-state index is 12.7. The zero-order valence-electron chi connectivity index (χ0n) is 12.6. The predicted molar refractivity (Wildman–Crippen MR) is 81.1 cm³/mol. The molecule has 0 fully saturated rings. The molecule has 0 radical (unpaired) electrons. The van der Waals surface area contributed by atoms with E-state index in [0.29, 0.717) is 13.1 Å². The van der Waals surface area contributed by atoms with Gasteiger partial charge in [0.2, 0.25) is 0 Å². The zero-order valence-corrected chi connectivity index (χ0v) is 12.6. The van der Waals surface area contributed by atoms with Gasteiger partial charge >= 0.3 is 0 Å². The average Bonchev–Trinajstić information content (AvgIpc) is 2.42. The van der Waals surface area contributed by atoms with Crippen molar-refractivity contribution in [1.82, 2.24) is 4.90 Å². The van der Waals surface area contributed by atoms with Crippen LogP contribution in [0.25, 0.3) is 0 Å². The van der Waals surface area contributed by atoms with Gasteiger partial charge in [-0.15, -0.1) is 0 Å². The molecule has 0 aliphatic carbocycles. The number of benzene rings is 1. The molecule has 4 heteroatoms. The van der Waals surface area contributed by atoms with Crippen molar-refractivity contribution in [3.8, 4) is 0 Å². The molecule has 1 aromatic carbocycles. The summed E-state index contributed by atoms with van der Waals surface area (Å²) in [5, 5.41) is 13.3. The Morgan fingerprint density at radius 2 is 2.20 bits per heavy atom. The highest BCUT2D eigenvalue weighted by Gasteiger charge is 2.25. The molecule has 1 heterocycles. The third kappa shape index (κ3) is 3.31. The van der Waals surface area contributed by atoms with Crippen LogP contribution in [0, 0.1) is 0 Å². The predicted octanol–water partition coefficient (Wildman–Crippen LogP) is 2.28. The Labute approximate surface area is 120 Å². The van der Waals surface area contributed by atoms with Crippen LogP contribution in [-0.4, -0.2) is 41.1 Å². The van der Waals surface area contributed by atoms with Gasteiger partial charge in [0.25, 0.3) is 5.91 Å². The Morgan fingerprint density at radius 1 is 1.45 bits per heavy atom. The van der Waals surface area contributed by atoms with Crippen LogP contribution in [0.4, 0.5) is 5.69 Å². The van der Waals surface area contributed by atoms with Gasteiger partial charge in [0.1, 0.15) is 0 Å². The van der Waals surface area contributed by atoms with E-state index < -0.39 is 5.60 Å². The molecule has 1 aliphatic rings. The van der Waals surface area contributed by atoms with Crippen LogP contribution >= 0.6 is 0 Å². The molecular formula is C16H24N2O2. The Morgan fingerprint density at radius 3 is 2.85 bits per heavy atom. The molecule has 0 bridgehead atoms. The molecule has 0 aromatic heterocycles. The van der Waals surface area contributed by atoms with Crippen LogP contribution < -0.4 is 5.32 Å². The number of likely N-dealkylation sites (N-methyl/N-ethyl adjacent to an activating group) is 1. The van der Waals surface area contributed by atoms with Gasteiger partial charge in [0, 0.05) is 30.9 Å². The van der Waals surface area contributed by atoms with Crippen LogP contribution in [0.1, 0.15) is 43.1 Å². The van der Waals surface area contributed by atoms with Crippen molar-refractivity contribution >= 4 is 11.6 Å². The van der Waals surface area contributed by atoms with E-state index in [-0.39, 0.29) is 5.91 Å². The number of carbonyl (C=O) groups is 1. The molecule has 1 aromatic rings. The Hall–Kier alpha value is -1.55. The normalized spacial score (nSPS) is 14.4. The van der Waals surface area contributed by atoms with Crippen molar-refractivity contribution in [2.24, 2.45) is 0 Å². The molecule has 0 saturated carbocycles. The molecule has 0 saturated heterocycles. The smallest absolute Gasteiger partial charge is 0.254 e. The van der Waals surface area contributed by atoms with Gasteiger partial charge in [-0.1, -0.05) is 6.07 Å². The molecule has 2 rings (SSSR count). The van der Waals surface area contributed by atoms with Crippen molar-refractivity contribution in [3.63, 3.8) is 0 Å². The first-order valence-corrected chi connectivity index (χ1v) is 7.30. The first-order valence-electron chi connectivity index (χ1n) is 7.30. The largest absolute Gasteiger partial charge is 0.389 e. The topological polar surface area (TPSA) is 52.6 Å². The number of aliphatic hydroxyl groups is 1. The molecule has 1 aliphatic heterocycles. The molecule has 1 amide bonds. The number of rotatable bonds is 4. The summed E-state index contributed by atoms with van der Waals surface area (Å²) < 4.78 is 0. The number of carbonyl (C=O) groups excluding carboxylic acids is 1. The van der Waals surface area contributed by atoms with Crippen molar-refractivity contribution in [2.45, 2.75) is 39.2 Å². The number of nitrogens with one attached hydrogen (secondary N) is 1. The SMILES string of the molecule is CCN(CC(C)(C)O)C(=O)c1cccc2c1CCCN2. The zero-order chi connectivity index (χ0) is 14.8. The minimum absolute atomic E-state index is 0.00942. The maximum Gasteiger partial charge on any atom is 0.254 e. The molecule has 0 unspecified atom stereocenters. The maximum atomic E-state index is 12.7. The van der Waals surface area contributed by atoms with E-state index in [9.17, 15) is 9.90 Å². The van der Waals surface area contributed by atoms with Crippen molar-refractivity contribution in [1.29, 1.82) is 0 Å². The van der Waals surface area contributed by atoms with Crippen molar-refractivity contribution in [2.75, 3.05) is 25.0 Å². The highest BCUT2D eigenvalue weighted by molar-refractivity contribution is 5.97. The molecule has 0 atom stereocenters. The van der Waals surface area contributed by atoms with E-state index in [2.05, 4.69) is 5.32 Å². The Bertz CT molecular complexity index is 492. The van der Waals surface area contributed by atoms with E-state index in [4.69, 9.17) is 0 Å². The van der Waals surface area contributed by atoms with E-state index >= 15 is 0 Å². The first kappa shape index (κ1) is 14.9. The first-order chi connectivity index (χ1) is 9.42. The fourth-order valence-electron chi connectivity index (χ4n) is 2.68. The van der Waals surface area contributed by atoms with E-state index in [1.54, 1.807) is 18.7 Å². The van der Waals surface area contributed by atoms with E-state index in [1.807, 2.05) is 25.1 Å². The summed E-state index contributed by atoms with van der Waals surface area (Å²) in [4.78, 5) is 14.4. The van der Waals surface area contributed by atoms with Gasteiger partial charge in [0.05, 0.1) is 5.60 Å². The molecule has 2 N–H and O–H groups in total. The lowest BCUT2D eigenvalue weighted by Crippen LogP contribution is -2.42. The van der Waals surface area contributed by atoms with Gasteiger partial charge < -0.3 is 15.3 Å². The summed E-state index contributed by atoms with van der Waals surface area (Å²) in [7, 11) is 0. The summed E-state index contributed by atoms with van der Waals surface area (Å²) in [6, 6.07) is 5.83. The fourth-order valence-corrected chi connectivity index (χ4v) is 2.68. The monoisotopic (exact) mass is 276 g/mol. The lowest BCUT2D eigenvalue weighted by molar-refractivity contribution is 0.0314. The third-order valence-electron chi connectivity index (χ3n) is 3.57. The van der Waals surface area contributed by atoms with Crippen LogP contribution in [0.5, 0.6) is 0 Å². The highest BCUT2D eigenvalue weighted by Crippen LogP contribution is 2.26. The average molecular weight is 276 g/mol. The van der Waals surface area contributed by atoms with Crippen LogP contribution in [0.15, 0.2) is 18.2 Å². The quantitative estimate of drug-likeness (QED) is 0.887. The Balaban J connectivity index is 2.28. The van der Waals surface area contributed by atoms with Crippen molar-refractivity contribution < 1.29 is 9.90 Å². The third-order valence-corrected chi connectivity index (χ3v) is 3.57. The highest BCUT2D eigenvalue weighted by atomic mass is 16.3. The number of hydrogen-bond donors (Lipinski definition) is 2. The minimum atomic E-state index is -0.876. The molecule has 4 nitrogen and oxygen atoms in total. The Kier molecular flexibility index (Phi) is 4.33. The number of anilines is 1. The van der Waals surface area contributed by atoms with Gasteiger partial charge in [-0.2, -0.15) is 0 Å². The van der Waals surface area contributed by atoms with Gasteiger partial charge in [-0.05, 0) is 51.3 Å². The van der Waals surface area contributed by atoms with Crippen LogP contribution in [-0.2, 0) is 6.42 Å². The fraction of sp³-hybridized carbons (Fsp3) is 0.562. The van der Waals surface area contributed by atoms with Gasteiger partial charge in [-0.3, -0.25) is 4.79 Å². The second-order valence-electron chi connectivity index (χ2n) is 5.99. The molecule has 20 heavy (non-hydrogen) atoms. The van der Waals surface area contributed by atoms with E-state index in [1.165, 1.54) is 0 Å². The summed E-state index contributed by atoms with van der Waals surface area (Å²) in [6.07, 6.45) is 1.99. The van der Waals surface area contributed by atoms with Crippen molar-refractivity contribution in [3.05, 3.63) is 29.3 Å². The second-order valence-corrected chi connectivity index (χ2v) is 5.99. The second kappa shape index (κ2) is 5.83. The minimum Gasteiger partial charge on any atom is -0.389 e. The number of nitrogens with zero attached hydrogens (tertiary/aromatic N) is 1. The van der Waals surface area contributed by atoms with Crippen LogP contribution in [0.3, 0.4) is 0 Å². The van der Waals surface area contributed by atoms with Gasteiger partial charge in [0.15, 0.2) is 0 Å². The lowest BCUT2D eigenvalue weighted by Gasteiger charge is -2.29. The standard InChI is InChI=1S/C16H24N2O2/c1-4-18(11-16(2,3)20)15(19)13-7-5-9-14-12(13)8-6-10-17-14/h5,7,9,17,20H,4,6,8,10-11H2,1-3H3. The summed E-state index contributed by atoms with van der Waals surface area (Å²) in [6.45, 7) is 7.30. The summed E-state index contributed by atoms with van der Waals surface area (Å²) >= 11 is 0. The number of amides is 1. The number of fused-ring (bicyclic) bond motifs is 1. The summed E-state index contributed by atoms with van der Waals surface area (Å²) in [5.74, 6) is 0.00942. The van der Waals surface area contributed by atoms with Crippen LogP contribution in [0.2, 0.25) is 0 Å². The lowest BCUT2D eigenvalue weighted by atomic mass is 9.96.